The van der Waals surface area contributed by atoms with Crippen LogP contribution in [-0.2, 0) is 16.0 Å². The van der Waals surface area contributed by atoms with Crippen LogP contribution < -0.4 is 0 Å². The van der Waals surface area contributed by atoms with Crippen molar-refractivity contribution < 1.29 is 19.4 Å². The van der Waals surface area contributed by atoms with Gasteiger partial charge < -0.3 is 9.84 Å². The molecule has 2 rings (SSSR count). The molecule has 1 aliphatic rings. The number of carbonyl (C=O) groups is 2. The number of piperidine rings is 1. The summed E-state index contributed by atoms with van der Waals surface area (Å²) in [6.07, 6.45) is 0.582. The zero-order chi connectivity index (χ0) is 17.0. The Balaban J connectivity index is 2.23. The van der Waals surface area contributed by atoms with Gasteiger partial charge in [0.25, 0.3) is 0 Å². The first-order chi connectivity index (χ1) is 10.8. The molecule has 1 saturated heterocycles. The first kappa shape index (κ1) is 17.5. The third-order valence-corrected chi connectivity index (χ3v) is 3.84. The number of carbonyl (C=O) groups excluding carboxylic acids is 2. The van der Waals surface area contributed by atoms with Gasteiger partial charge in [-0.2, -0.15) is 0 Å². The molecule has 0 radical (unpaired) electrons. The summed E-state index contributed by atoms with van der Waals surface area (Å²) in [5, 5.41) is 9.61. The van der Waals surface area contributed by atoms with Gasteiger partial charge >= 0.3 is 6.09 Å². The van der Waals surface area contributed by atoms with Crippen LogP contribution in [0.3, 0.4) is 0 Å². The number of rotatable bonds is 3. The van der Waals surface area contributed by atoms with E-state index in [-0.39, 0.29) is 24.9 Å². The van der Waals surface area contributed by atoms with Gasteiger partial charge in [0.2, 0.25) is 0 Å². The van der Waals surface area contributed by atoms with E-state index in [1.165, 1.54) is 0 Å². The molecule has 5 nitrogen and oxygen atoms in total. The summed E-state index contributed by atoms with van der Waals surface area (Å²) >= 11 is 0. The SMILES string of the molecule is CC(C)(C)OC(=O)N1[C@H](CO)CC(=O)C[C@@H]1Cc1ccccc1. The number of hydrogen-bond acceptors (Lipinski definition) is 4. The zero-order valence-corrected chi connectivity index (χ0v) is 14.0. The van der Waals surface area contributed by atoms with Crippen LogP contribution >= 0.6 is 0 Å². The molecule has 1 fully saturated rings. The standard InChI is InChI=1S/C18H25NO4/c1-18(2,3)23-17(22)19-14(9-13-7-5-4-6-8-13)10-16(21)11-15(19)12-20/h4-8,14-15,20H,9-12H2,1-3H3/t14-,15-/m0/s1. The van der Waals surface area contributed by atoms with Gasteiger partial charge in [-0.3, -0.25) is 9.69 Å². The molecule has 23 heavy (non-hydrogen) atoms. The lowest BCUT2D eigenvalue weighted by Gasteiger charge is -2.41. The van der Waals surface area contributed by atoms with E-state index < -0.39 is 17.7 Å². The van der Waals surface area contributed by atoms with Crippen molar-refractivity contribution in [3.63, 3.8) is 0 Å². The van der Waals surface area contributed by atoms with Gasteiger partial charge in [0.15, 0.2) is 0 Å². The van der Waals surface area contributed by atoms with E-state index in [0.29, 0.717) is 12.8 Å². The molecule has 1 aromatic rings. The molecule has 0 spiro atoms. The first-order valence-electron chi connectivity index (χ1n) is 7.98. The van der Waals surface area contributed by atoms with Crippen LogP contribution in [0.1, 0.15) is 39.2 Å². The molecule has 0 saturated carbocycles. The minimum absolute atomic E-state index is 0.0739. The molecule has 0 aliphatic carbocycles. The average Bonchev–Trinajstić information content (AvgIpc) is 2.45. The predicted molar refractivity (Wildman–Crippen MR) is 87.1 cm³/mol. The maximum absolute atomic E-state index is 12.6. The number of benzene rings is 1. The number of amides is 1. The second-order valence-corrected chi connectivity index (χ2v) is 7.01. The van der Waals surface area contributed by atoms with E-state index >= 15 is 0 Å². The molecule has 1 N–H and O–H groups in total. The summed E-state index contributed by atoms with van der Waals surface area (Å²) < 4.78 is 5.48. The number of ether oxygens (including phenoxy) is 1. The maximum atomic E-state index is 12.6. The number of aliphatic hydroxyl groups is 1. The van der Waals surface area contributed by atoms with Crippen molar-refractivity contribution in [2.24, 2.45) is 0 Å². The summed E-state index contributed by atoms with van der Waals surface area (Å²) in [5.74, 6) is 0.0739. The Hall–Kier alpha value is -1.88. The summed E-state index contributed by atoms with van der Waals surface area (Å²) in [6, 6.07) is 8.94. The second kappa shape index (κ2) is 7.13. The van der Waals surface area contributed by atoms with Crippen LogP contribution in [0.5, 0.6) is 0 Å². The van der Waals surface area contributed by atoms with Crippen LogP contribution in [0.25, 0.3) is 0 Å². The van der Waals surface area contributed by atoms with Gasteiger partial charge in [-0.25, -0.2) is 4.79 Å². The second-order valence-electron chi connectivity index (χ2n) is 7.01. The average molecular weight is 319 g/mol. The Morgan fingerprint density at radius 1 is 1.22 bits per heavy atom. The molecule has 5 heteroatoms. The highest BCUT2D eigenvalue weighted by Crippen LogP contribution is 2.26. The zero-order valence-electron chi connectivity index (χ0n) is 14.0. The lowest BCUT2D eigenvalue weighted by atomic mass is 9.91. The summed E-state index contributed by atoms with van der Waals surface area (Å²) in [6.45, 7) is 5.18. The minimum atomic E-state index is -0.615. The van der Waals surface area contributed by atoms with Crippen LogP contribution in [-0.4, -0.2) is 46.2 Å². The van der Waals surface area contributed by atoms with Crippen LogP contribution in [0.15, 0.2) is 30.3 Å². The Labute approximate surface area is 137 Å². The summed E-state index contributed by atoms with van der Waals surface area (Å²) in [4.78, 5) is 26.1. The lowest BCUT2D eigenvalue weighted by Crippen LogP contribution is -2.55. The third-order valence-electron chi connectivity index (χ3n) is 3.84. The quantitative estimate of drug-likeness (QED) is 0.930. The fourth-order valence-corrected chi connectivity index (χ4v) is 2.93. The van der Waals surface area contributed by atoms with Gasteiger partial charge in [-0.1, -0.05) is 30.3 Å². The van der Waals surface area contributed by atoms with Gasteiger partial charge in [0.1, 0.15) is 11.4 Å². The number of Topliss-reactive ketones (excluding diaryl/α,β-unsaturated/α-hetero) is 1. The molecule has 0 unspecified atom stereocenters. The van der Waals surface area contributed by atoms with Crippen LogP contribution in [0, 0.1) is 0 Å². The molecular weight excluding hydrogens is 294 g/mol. The highest BCUT2D eigenvalue weighted by Gasteiger charge is 2.39. The molecule has 1 aromatic carbocycles. The summed E-state index contributed by atoms with van der Waals surface area (Å²) in [5.41, 5.74) is 0.438. The molecule has 1 aliphatic heterocycles. The lowest BCUT2D eigenvalue weighted by molar-refractivity contribution is -0.125. The van der Waals surface area contributed by atoms with Crippen molar-refractivity contribution in [3.8, 4) is 0 Å². The molecule has 0 bridgehead atoms. The number of hydrogen-bond donors (Lipinski definition) is 1. The number of likely N-dealkylation sites (tertiary alicyclic amines) is 1. The number of aliphatic hydroxyl groups excluding tert-OH is 1. The van der Waals surface area contributed by atoms with E-state index in [0.717, 1.165) is 5.56 Å². The molecule has 126 valence electrons. The monoisotopic (exact) mass is 319 g/mol. The van der Waals surface area contributed by atoms with Crippen molar-refractivity contribution in [2.75, 3.05) is 6.61 Å². The fraction of sp³-hybridized carbons (Fsp3) is 0.556. The van der Waals surface area contributed by atoms with E-state index in [1.807, 2.05) is 30.3 Å². The Kier molecular flexibility index (Phi) is 5.42. The van der Waals surface area contributed by atoms with E-state index in [9.17, 15) is 14.7 Å². The minimum Gasteiger partial charge on any atom is -0.444 e. The van der Waals surface area contributed by atoms with Crippen LogP contribution in [0.2, 0.25) is 0 Å². The Morgan fingerprint density at radius 2 is 1.83 bits per heavy atom. The van der Waals surface area contributed by atoms with Gasteiger partial charge in [0, 0.05) is 18.9 Å². The molecule has 1 heterocycles. The van der Waals surface area contributed by atoms with Crippen molar-refractivity contribution in [1.82, 2.24) is 4.90 Å². The highest BCUT2D eigenvalue weighted by atomic mass is 16.6. The topological polar surface area (TPSA) is 66.8 Å². The van der Waals surface area contributed by atoms with Crippen LogP contribution in [0.4, 0.5) is 4.79 Å². The molecule has 2 atom stereocenters. The maximum Gasteiger partial charge on any atom is 0.410 e. The van der Waals surface area contributed by atoms with Gasteiger partial charge in [-0.05, 0) is 32.8 Å². The number of ketones is 1. The van der Waals surface area contributed by atoms with Crippen molar-refractivity contribution in [2.45, 2.75) is 57.7 Å². The molecule has 1 amide bonds. The van der Waals surface area contributed by atoms with E-state index in [2.05, 4.69) is 0 Å². The Bertz CT molecular complexity index is 550. The normalized spacial score (nSPS) is 22.1. The Morgan fingerprint density at radius 3 is 2.39 bits per heavy atom. The smallest absolute Gasteiger partial charge is 0.410 e. The largest absolute Gasteiger partial charge is 0.444 e. The third kappa shape index (κ3) is 4.79. The predicted octanol–water partition coefficient (Wildman–Crippen LogP) is 2.56. The highest BCUT2D eigenvalue weighted by molar-refractivity contribution is 5.83. The van der Waals surface area contributed by atoms with E-state index in [1.54, 1.807) is 25.7 Å². The van der Waals surface area contributed by atoms with Crippen molar-refractivity contribution in [1.29, 1.82) is 0 Å². The summed E-state index contributed by atoms with van der Waals surface area (Å²) in [7, 11) is 0. The first-order valence-corrected chi connectivity index (χ1v) is 7.98. The molecule has 0 aromatic heterocycles. The van der Waals surface area contributed by atoms with E-state index in [4.69, 9.17) is 4.74 Å². The van der Waals surface area contributed by atoms with Gasteiger partial charge in [0.05, 0.1) is 12.6 Å². The van der Waals surface area contributed by atoms with Crippen molar-refractivity contribution >= 4 is 11.9 Å². The van der Waals surface area contributed by atoms with Gasteiger partial charge in [-0.15, -0.1) is 0 Å². The van der Waals surface area contributed by atoms with Crippen molar-refractivity contribution in [3.05, 3.63) is 35.9 Å². The molecular formula is C18H25NO4. The fourth-order valence-electron chi connectivity index (χ4n) is 2.93. The number of nitrogens with zero attached hydrogens (tertiary/aromatic N) is 1.